The Bertz CT molecular complexity index is 1340. The minimum Gasteiger partial charge on any atom is -0.462 e. The number of phosphoric ester groups is 1. The van der Waals surface area contributed by atoms with Crippen LogP contribution in [0.15, 0.2) is 12.2 Å². The van der Waals surface area contributed by atoms with E-state index < -0.39 is 26.5 Å². The molecule has 2 unspecified atom stereocenters. The summed E-state index contributed by atoms with van der Waals surface area (Å²) in [5.74, 6) is -0.788. The van der Waals surface area contributed by atoms with Gasteiger partial charge in [0.2, 0.25) is 0 Å². The van der Waals surface area contributed by atoms with E-state index in [0.717, 1.165) is 51.4 Å². The minimum atomic E-state index is -4.38. The molecule has 0 aliphatic heterocycles. The third kappa shape index (κ3) is 65.8. The second-order valence-electron chi connectivity index (χ2n) is 25.3. The summed E-state index contributed by atoms with van der Waals surface area (Å²) in [6.07, 6.45) is 75.0. The molecular weight excluding hydrogens is 1000 g/mol. The summed E-state index contributed by atoms with van der Waals surface area (Å²) in [7, 11) is 1.49. The fourth-order valence-electron chi connectivity index (χ4n) is 10.7. The average molecular weight is 1140 g/mol. The predicted octanol–water partition coefficient (Wildman–Crippen LogP) is 22.3. The molecule has 10 heteroatoms. The van der Waals surface area contributed by atoms with Crippen molar-refractivity contribution in [1.82, 2.24) is 0 Å². The van der Waals surface area contributed by atoms with Crippen molar-refractivity contribution in [3.05, 3.63) is 12.2 Å². The van der Waals surface area contributed by atoms with Crippen molar-refractivity contribution in [2.75, 3.05) is 47.5 Å². The number of allylic oxidation sites excluding steroid dienone is 2. The summed E-state index contributed by atoms with van der Waals surface area (Å²) >= 11 is 0. The lowest BCUT2D eigenvalue weighted by Gasteiger charge is -2.24. The molecule has 0 saturated heterocycles. The molecule has 0 aromatic carbocycles. The molecule has 1 N–H and O–H groups in total. The quantitative estimate of drug-likeness (QED) is 0.0211. The van der Waals surface area contributed by atoms with Gasteiger partial charge in [0.05, 0.1) is 27.7 Å². The molecule has 2 atom stereocenters. The van der Waals surface area contributed by atoms with E-state index in [0.29, 0.717) is 23.9 Å². The van der Waals surface area contributed by atoms with Crippen molar-refractivity contribution in [3.8, 4) is 0 Å². The van der Waals surface area contributed by atoms with Crippen LogP contribution in [-0.4, -0.2) is 74.9 Å². The van der Waals surface area contributed by atoms with Gasteiger partial charge in [0, 0.05) is 12.8 Å². The number of hydrogen-bond donors (Lipinski definition) is 1. The Morgan fingerprint density at radius 2 is 0.646 bits per heavy atom. The highest BCUT2D eigenvalue weighted by molar-refractivity contribution is 7.47. The number of phosphoric acid groups is 1. The largest absolute Gasteiger partial charge is 0.472 e. The zero-order valence-corrected chi connectivity index (χ0v) is 54.5. The SMILES string of the molecule is CCCCCCCC/C=C\CCCCCCCC(=O)OC(COC(=O)CCCCCCCCCCCCCCCCCCCCCCCCCCCCCCCCCCCCCCCCCC)COP(=O)(O)OCC[N+](C)(C)C. The summed E-state index contributed by atoms with van der Waals surface area (Å²) in [6.45, 7) is 4.48. The number of ether oxygens (including phenoxy) is 2. The first kappa shape index (κ1) is 77.8. The van der Waals surface area contributed by atoms with Crippen LogP contribution in [0, 0.1) is 0 Å². The maximum absolute atomic E-state index is 12.8. The van der Waals surface area contributed by atoms with Gasteiger partial charge >= 0.3 is 19.8 Å². The highest BCUT2D eigenvalue weighted by Crippen LogP contribution is 2.43. The molecule has 0 aromatic heterocycles. The zero-order valence-electron chi connectivity index (χ0n) is 53.7. The van der Waals surface area contributed by atoms with E-state index in [1.807, 2.05) is 21.1 Å². The summed E-state index contributed by atoms with van der Waals surface area (Å²) in [5, 5.41) is 0. The maximum Gasteiger partial charge on any atom is 0.472 e. The Morgan fingerprint density at radius 3 is 0.937 bits per heavy atom. The molecule has 0 radical (unpaired) electrons. The Morgan fingerprint density at radius 1 is 0.380 bits per heavy atom. The number of unbranched alkanes of at least 4 members (excludes halogenated alkanes) is 50. The second kappa shape index (κ2) is 61.3. The number of carbonyl (C=O) groups excluding carboxylic acids is 2. The topological polar surface area (TPSA) is 108 Å². The average Bonchev–Trinajstić information content (AvgIpc) is 3.41. The van der Waals surface area contributed by atoms with Crippen molar-refractivity contribution < 1.29 is 42.1 Å². The standard InChI is InChI=1S/C69H136NO8P/c1-6-8-10-12-14-16-18-20-22-23-24-25-26-27-28-29-30-31-32-33-34-35-36-37-38-39-40-41-42-43-44-45-46-48-49-51-53-55-57-59-61-68(71)75-65-67(66-77-79(73,74)76-64-63-70(3,4)5)78-69(72)62-60-58-56-54-52-50-47-21-19-17-15-13-11-9-7-2/h21,47,67H,6-20,22-46,48-66H2,1-5H3/p+1/b47-21-. The van der Waals surface area contributed by atoms with Crippen molar-refractivity contribution in [2.45, 2.75) is 373 Å². The van der Waals surface area contributed by atoms with Crippen LogP contribution in [0.3, 0.4) is 0 Å². The summed E-state index contributed by atoms with van der Waals surface area (Å²) < 4.78 is 34.6. The van der Waals surface area contributed by atoms with E-state index in [1.165, 1.54) is 283 Å². The zero-order chi connectivity index (χ0) is 57.7. The van der Waals surface area contributed by atoms with Crippen LogP contribution in [0.5, 0.6) is 0 Å². The van der Waals surface area contributed by atoms with Gasteiger partial charge in [-0.2, -0.15) is 0 Å². The molecule has 0 aliphatic rings. The van der Waals surface area contributed by atoms with Gasteiger partial charge < -0.3 is 18.9 Å². The number of hydrogen-bond acceptors (Lipinski definition) is 7. The third-order valence-electron chi connectivity index (χ3n) is 16.0. The number of esters is 2. The molecule has 0 amide bonds. The molecule has 79 heavy (non-hydrogen) atoms. The fraction of sp³-hybridized carbons (Fsp3) is 0.942. The van der Waals surface area contributed by atoms with Crippen molar-refractivity contribution >= 4 is 19.8 Å². The summed E-state index contributed by atoms with van der Waals surface area (Å²) in [5.41, 5.74) is 0. The third-order valence-corrected chi connectivity index (χ3v) is 17.0. The lowest BCUT2D eigenvalue weighted by molar-refractivity contribution is -0.870. The van der Waals surface area contributed by atoms with Gasteiger partial charge in [-0.3, -0.25) is 18.6 Å². The predicted molar refractivity (Wildman–Crippen MR) is 340 cm³/mol. The highest BCUT2D eigenvalue weighted by atomic mass is 31.2. The summed E-state index contributed by atoms with van der Waals surface area (Å²) in [4.78, 5) is 35.7. The van der Waals surface area contributed by atoms with Crippen LogP contribution in [0.4, 0.5) is 0 Å². The van der Waals surface area contributed by atoms with E-state index in [-0.39, 0.29) is 25.6 Å². The van der Waals surface area contributed by atoms with Crippen LogP contribution >= 0.6 is 7.82 Å². The number of quaternary nitrogens is 1. The molecule has 470 valence electrons. The molecule has 9 nitrogen and oxygen atoms in total. The Hall–Kier alpha value is -1.25. The molecule has 0 bridgehead atoms. The lowest BCUT2D eigenvalue weighted by Crippen LogP contribution is -2.37. The number of carbonyl (C=O) groups is 2. The van der Waals surface area contributed by atoms with E-state index in [2.05, 4.69) is 26.0 Å². The van der Waals surface area contributed by atoms with Gasteiger partial charge in [-0.05, 0) is 38.5 Å². The number of likely N-dealkylation sites (N-methyl/N-ethyl adjacent to an activating group) is 1. The van der Waals surface area contributed by atoms with E-state index in [1.54, 1.807) is 0 Å². The smallest absolute Gasteiger partial charge is 0.462 e. The molecule has 0 aliphatic carbocycles. The molecule has 0 rings (SSSR count). The number of rotatable bonds is 66. The summed E-state index contributed by atoms with van der Waals surface area (Å²) in [6, 6.07) is 0. The molecule has 0 heterocycles. The monoisotopic (exact) mass is 1140 g/mol. The van der Waals surface area contributed by atoms with Gasteiger partial charge in [-0.1, -0.05) is 328 Å². The maximum atomic E-state index is 12.8. The van der Waals surface area contributed by atoms with Crippen LogP contribution in [0.1, 0.15) is 367 Å². The van der Waals surface area contributed by atoms with Crippen molar-refractivity contribution in [2.24, 2.45) is 0 Å². The van der Waals surface area contributed by atoms with Crippen LogP contribution in [-0.2, 0) is 32.7 Å². The molecule has 0 saturated carbocycles. The second-order valence-corrected chi connectivity index (χ2v) is 26.7. The van der Waals surface area contributed by atoms with Crippen LogP contribution < -0.4 is 0 Å². The minimum absolute atomic E-state index is 0.0337. The van der Waals surface area contributed by atoms with Gasteiger partial charge in [0.15, 0.2) is 6.10 Å². The fourth-order valence-corrected chi connectivity index (χ4v) is 11.4. The molecular formula is C69H137NO8P+. The van der Waals surface area contributed by atoms with Crippen molar-refractivity contribution in [3.63, 3.8) is 0 Å². The normalized spacial score (nSPS) is 13.1. The van der Waals surface area contributed by atoms with Crippen molar-refractivity contribution in [1.29, 1.82) is 0 Å². The molecule has 0 aromatic rings. The number of nitrogens with zero attached hydrogens (tertiary/aromatic N) is 1. The first-order chi connectivity index (χ1) is 38.5. The molecule has 0 spiro atoms. The van der Waals surface area contributed by atoms with Crippen LogP contribution in [0.25, 0.3) is 0 Å². The van der Waals surface area contributed by atoms with Gasteiger partial charge in [-0.25, -0.2) is 4.57 Å². The molecule has 0 fully saturated rings. The van der Waals surface area contributed by atoms with E-state index in [9.17, 15) is 19.0 Å². The highest BCUT2D eigenvalue weighted by Gasteiger charge is 2.27. The van der Waals surface area contributed by atoms with Crippen LogP contribution in [0.2, 0.25) is 0 Å². The Kier molecular flexibility index (Phi) is 60.3. The van der Waals surface area contributed by atoms with Gasteiger partial charge in [0.1, 0.15) is 19.8 Å². The Balaban J connectivity index is 3.81. The first-order valence-electron chi connectivity index (χ1n) is 34.9. The van der Waals surface area contributed by atoms with Gasteiger partial charge in [0.25, 0.3) is 0 Å². The van der Waals surface area contributed by atoms with E-state index in [4.69, 9.17) is 18.5 Å². The van der Waals surface area contributed by atoms with E-state index >= 15 is 0 Å². The first-order valence-corrected chi connectivity index (χ1v) is 36.4. The van der Waals surface area contributed by atoms with Gasteiger partial charge in [-0.15, -0.1) is 0 Å². The Labute approximate surface area is 492 Å². The lowest BCUT2D eigenvalue weighted by atomic mass is 10.0.